The van der Waals surface area contributed by atoms with Crippen LogP contribution in [-0.2, 0) is 0 Å². The Hall–Kier alpha value is -0.0400. The van der Waals surface area contributed by atoms with Crippen molar-refractivity contribution in [2.75, 3.05) is 0 Å². The highest BCUT2D eigenvalue weighted by atomic mass is 14.8. The van der Waals surface area contributed by atoms with Crippen LogP contribution < -0.4 is 5.73 Å². The van der Waals surface area contributed by atoms with Gasteiger partial charge in [-0.3, -0.25) is 0 Å². The quantitative estimate of drug-likeness (QED) is 0.690. The first-order valence-electron chi connectivity index (χ1n) is 5.28. The van der Waals surface area contributed by atoms with E-state index in [1.54, 1.807) is 0 Å². The topological polar surface area (TPSA) is 26.0 Å². The average Bonchev–Trinajstić information content (AvgIpc) is 1.99. The zero-order valence-electron chi connectivity index (χ0n) is 8.93. The molecule has 0 heterocycles. The van der Waals surface area contributed by atoms with Crippen molar-refractivity contribution < 1.29 is 0 Å². The molecule has 0 bridgehead atoms. The van der Waals surface area contributed by atoms with Crippen molar-refractivity contribution in [3.05, 3.63) is 0 Å². The maximum absolute atomic E-state index is 6.31. The molecule has 0 aromatic heterocycles. The maximum atomic E-state index is 6.31. The van der Waals surface area contributed by atoms with Crippen LogP contribution in [0.5, 0.6) is 0 Å². The molecule has 1 aliphatic carbocycles. The van der Waals surface area contributed by atoms with Crippen molar-refractivity contribution in [3.8, 4) is 0 Å². The van der Waals surface area contributed by atoms with E-state index in [0.29, 0.717) is 5.92 Å². The van der Waals surface area contributed by atoms with Gasteiger partial charge < -0.3 is 5.73 Å². The van der Waals surface area contributed by atoms with Crippen molar-refractivity contribution in [3.63, 3.8) is 0 Å². The first-order valence-corrected chi connectivity index (χ1v) is 5.28. The van der Waals surface area contributed by atoms with Crippen LogP contribution in [0.25, 0.3) is 0 Å². The monoisotopic (exact) mass is 169 g/mol. The molecule has 0 aromatic rings. The van der Waals surface area contributed by atoms with E-state index in [-0.39, 0.29) is 5.54 Å². The third-order valence-corrected chi connectivity index (χ3v) is 3.86. The molecule has 1 saturated carbocycles. The van der Waals surface area contributed by atoms with Gasteiger partial charge in [0.05, 0.1) is 0 Å². The number of hydrogen-bond donors (Lipinski definition) is 1. The van der Waals surface area contributed by atoms with Crippen LogP contribution in [0.15, 0.2) is 0 Å². The van der Waals surface area contributed by atoms with E-state index < -0.39 is 0 Å². The van der Waals surface area contributed by atoms with Gasteiger partial charge in [0.15, 0.2) is 0 Å². The van der Waals surface area contributed by atoms with Gasteiger partial charge in [0.25, 0.3) is 0 Å². The highest BCUT2D eigenvalue weighted by molar-refractivity contribution is 5.01. The third kappa shape index (κ3) is 1.66. The minimum absolute atomic E-state index is 0.175. The molecule has 1 rings (SSSR count). The summed E-state index contributed by atoms with van der Waals surface area (Å²) in [4.78, 5) is 0. The van der Waals surface area contributed by atoms with Crippen molar-refractivity contribution in [2.45, 2.75) is 52.5 Å². The predicted molar refractivity (Wildman–Crippen MR) is 53.9 cm³/mol. The molecule has 0 saturated heterocycles. The van der Waals surface area contributed by atoms with Gasteiger partial charge in [-0.15, -0.1) is 0 Å². The van der Waals surface area contributed by atoms with Crippen LogP contribution in [0.2, 0.25) is 0 Å². The van der Waals surface area contributed by atoms with Crippen molar-refractivity contribution >= 4 is 0 Å². The summed E-state index contributed by atoms with van der Waals surface area (Å²) in [6, 6.07) is 0. The van der Waals surface area contributed by atoms with Crippen molar-refractivity contribution in [1.29, 1.82) is 0 Å². The summed E-state index contributed by atoms with van der Waals surface area (Å²) in [6.07, 6.45) is 3.73. The Morgan fingerprint density at radius 1 is 1.42 bits per heavy atom. The lowest BCUT2D eigenvalue weighted by molar-refractivity contribution is 0.0703. The summed E-state index contributed by atoms with van der Waals surface area (Å²) in [5, 5.41) is 0. The zero-order valence-corrected chi connectivity index (χ0v) is 8.93. The SMILES string of the molecule is CCC(C)C(C)C1(N)CC(C)C1. The van der Waals surface area contributed by atoms with Crippen LogP contribution in [0.4, 0.5) is 0 Å². The first-order chi connectivity index (χ1) is 5.49. The Morgan fingerprint density at radius 2 is 1.92 bits per heavy atom. The third-order valence-electron chi connectivity index (χ3n) is 3.86. The predicted octanol–water partition coefficient (Wildman–Crippen LogP) is 2.80. The van der Waals surface area contributed by atoms with Crippen molar-refractivity contribution in [2.24, 2.45) is 23.5 Å². The van der Waals surface area contributed by atoms with Crippen LogP contribution >= 0.6 is 0 Å². The Bertz CT molecular complexity index is 147. The van der Waals surface area contributed by atoms with Crippen molar-refractivity contribution in [1.82, 2.24) is 0 Å². The minimum Gasteiger partial charge on any atom is -0.325 e. The number of hydrogen-bond acceptors (Lipinski definition) is 1. The second-order valence-electron chi connectivity index (χ2n) is 4.92. The van der Waals surface area contributed by atoms with Gasteiger partial charge >= 0.3 is 0 Å². The van der Waals surface area contributed by atoms with E-state index in [0.717, 1.165) is 11.8 Å². The normalized spacial score (nSPS) is 40.2. The lowest BCUT2D eigenvalue weighted by atomic mass is 9.60. The molecule has 2 atom stereocenters. The molecule has 0 radical (unpaired) electrons. The lowest BCUT2D eigenvalue weighted by Gasteiger charge is -2.49. The van der Waals surface area contributed by atoms with E-state index >= 15 is 0 Å². The van der Waals surface area contributed by atoms with Gasteiger partial charge in [0, 0.05) is 5.54 Å². The molecule has 2 N–H and O–H groups in total. The summed E-state index contributed by atoms with van der Waals surface area (Å²) in [5.74, 6) is 2.34. The minimum atomic E-state index is 0.175. The van der Waals surface area contributed by atoms with Gasteiger partial charge in [0.1, 0.15) is 0 Å². The molecule has 1 aliphatic rings. The fraction of sp³-hybridized carbons (Fsp3) is 1.00. The van der Waals surface area contributed by atoms with Gasteiger partial charge in [0.2, 0.25) is 0 Å². The molecule has 0 spiro atoms. The maximum Gasteiger partial charge on any atom is 0.0187 e. The molecule has 72 valence electrons. The summed E-state index contributed by atoms with van der Waals surface area (Å²) in [6.45, 7) is 9.20. The lowest BCUT2D eigenvalue weighted by Crippen LogP contribution is -2.57. The molecule has 1 nitrogen and oxygen atoms in total. The molecule has 0 amide bonds. The van der Waals surface area contributed by atoms with E-state index in [4.69, 9.17) is 5.73 Å². The molecular weight excluding hydrogens is 146 g/mol. The van der Waals surface area contributed by atoms with E-state index in [1.807, 2.05) is 0 Å². The first kappa shape index (κ1) is 10.0. The smallest absolute Gasteiger partial charge is 0.0187 e. The largest absolute Gasteiger partial charge is 0.325 e. The summed E-state index contributed by atoms with van der Waals surface area (Å²) in [5.41, 5.74) is 6.49. The Morgan fingerprint density at radius 3 is 2.25 bits per heavy atom. The summed E-state index contributed by atoms with van der Waals surface area (Å²) < 4.78 is 0. The fourth-order valence-corrected chi connectivity index (χ4v) is 2.53. The van der Waals surface area contributed by atoms with E-state index in [1.165, 1.54) is 19.3 Å². The molecule has 2 unspecified atom stereocenters. The van der Waals surface area contributed by atoms with Gasteiger partial charge in [-0.25, -0.2) is 0 Å². The van der Waals surface area contributed by atoms with Gasteiger partial charge in [-0.1, -0.05) is 34.1 Å². The van der Waals surface area contributed by atoms with Gasteiger partial charge in [-0.2, -0.15) is 0 Å². The number of nitrogens with two attached hydrogens (primary N) is 1. The second kappa shape index (κ2) is 3.37. The molecule has 12 heavy (non-hydrogen) atoms. The number of rotatable bonds is 3. The van der Waals surface area contributed by atoms with Crippen LogP contribution in [0.1, 0.15) is 47.0 Å². The van der Waals surface area contributed by atoms with Crippen LogP contribution in [0.3, 0.4) is 0 Å². The van der Waals surface area contributed by atoms with Crippen LogP contribution in [-0.4, -0.2) is 5.54 Å². The Balaban J connectivity index is 2.47. The summed E-state index contributed by atoms with van der Waals surface area (Å²) >= 11 is 0. The second-order valence-corrected chi connectivity index (χ2v) is 4.92. The molecular formula is C11H23N. The molecule has 0 aliphatic heterocycles. The average molecular weight is 169 g/mol. The van der Waals surface area contributed by atoms with Crippen LogP contribution in [0, 0.1) is 17.8 Å². The molecule has 1 heteroatoms. The zero-order chi connectivity index (χ0) is 9.35. The Labute approximate surface area is 76.7 Å². The highest BCUT2D eigenvalue weighted by Crippen LogP contribution is 2.43. The Kier molecular flexibility index (Phi) is 2.82. The highest BCUT2D eigenvalue weighted by Gasteiger charge is 2.43. The molecule has 0 aromatic carbocycles. The fourth-order valence-electron chi connectivity index (χ4n) is 2.53. The summed E-state index contributed by atoms with van der Waals surface area (Å²) in [7, 11) is 0. The molecule has 1 fully saturated rings. The van der Waals surface area contributed by atoms with E-state index in [2.05, 4.69) is 27.7 Å². The standard InChI is InChI=1S/C11H23N/c1-5-9(3)10(4)11(12)6-8(2)7-11/h8-10H,5-7,12H2,1-4H3. The van der Waals surface area contributed by atoms with Gasteiger partial charge in [-0.05, 0) is 30.6 Å². The van der Waals surface area contributed by atoms with E-state index in [9.17, 15) is 0 Å².